The van der Waals surface area contributed by atoms with Gasteiger partial charge in [-0.05, 0) is 51.2 Å². The van der Waals surface area contributed by atoms with Gasteiger partial charge in [-0.25, -0.2) is 19.1 Å². The number of hydrogen-bond donors (Lipinski definition) is 2. The summed E-state index contributed by atoms with van der Waals surface area (Å²) < 4.78 is 11.7. The number of pyridine rings is 1. The maximum absolute atomic E-state index is 13.1. The van der Waals surface area contributed by atoms with Crippen molar-refractivity contribution in [2.75, 3.05) is 7.11 Å². The molecule has 0 fully saturated rings. The van der Waals surface area contributed by atoms with Gasteiger partial charge in [0.2, 0.25) is 5.91 Å². The van der Waals surface area contributed by atoms with Crippen molar-refractivity contribution in [1.82, 2.24) is 20.2 Å². The lowest BCUT2D eigenvalue weighted by atomic mass is 9.97. The van der Waals surface area contributed by atoms with E-state index in [1.54, 1.807) is 33.0 Å². The molecule has 0 radical (unpaired) electrons. The van der Waals surface area contributed by atoms with E-state index in [1.807, 2.05) is 19.9 Å². The molecule has 2 aromatic heterocycles. The van der Waals surface area contributed by atoms with Crippen molar-refractivity contribution in [2.45, 2.75) is 78.1 Å². The number of nitrogens with one attached hydrogen (secondary N) is 2. The van der Waals surface area contributed by atoms with Crippen LogP contribution in [0.1, 0.15) is 69.8 Å². The second-order valence-corrected chi connectivity index (χ2v) is 9.92. The molecule has 9 heteroatoms. The van der Waals surface area contributed by atoms with Gasteiger partial charge in [-0.15, -0.1) is 0 Å². The van der Waals surface area contributed by atoms with Gasteiger partial charge >= 0.3 is 12.1 Å². The fourth-order valence-electron chi connectivity index (χ4n) is 4.12. The predicted molar refractivity (Wildman–Crippen MR) is 133 cm³/mol. The van der Waals surface area contributed by atoms with Gasteiger partial charge in [-0.2, -0.15) is 0 Å². The van der Waals surface area contributed by atoms with E-state index in [2.05, 4.69) is 21.7 Å². The summed E-state index contributed by atoms with van der Waals surface area (Å²) >= 11 is 0. The molecule has 0 bridgehead atoms. The monoisotopic (exact) mass is 484 g/mol. The van der Waals surface area contributed by atoms with Gasteiger partial charge in [0.1, 0.15) is 5.60 Å². The van der Waals surface area contributed by atoms with Crippen LogP contribution in [0.4, 0.5) is 4.79 Å². The smallest absolute Gasteiger partial charge is 0.420 e. The molecule has 9 nitrogen and oxygen atoms in total. The SMILES string of the molecule is CC[C@@H](C)[C@@H](NCc1ccnc2c1c(C(=O)OC)cn2C(=O)OC(C)(C)C)C(=O)NC1C=CCC1. The third-order valence-corrected chi connectivity index (χ3v) is 6.12. The number of rotatable bonds is 8. The Morgan fingerprint density at radius 1 is 1.29 bits per heavy atom. The molecular weight excluding hydrogens is 448 g/mol. The predicted octanol–water partition coefficient (Wildman–Crippen LogP) is 3.95. The van der Waals surface area contributed by atoms with E-state index in [0.717, 1.165) is 24.8 Å². The third-order valence-electron chi connectivity index (χ3n) is 6.12. The number of fused-ring (bicyclic) bond motifs is 1. The third kappa shape index (κ3) is 6.28. The molecule has 2 heterocycles. The molecule has 3 rings (SSSR count). The zero-order valence-electron chi connectivity index (χ0n) is 21.4. The van der Waals surface area contributed by atoms with Crippen LogP contribution >= 0.6 is 0 Å². The average Bonchev–Trinajstić information content (AvgIpc) is 3.45. The van der Waals surface area contributed by atoms with Crippen molar-refractivity contribution in [3.8, 4) is 0 Å². The number of carbonyl (C=O) groups excluding carboxylic acids is 3. The fourth-order valence-corrected chi connectivity index (χ4v) is 4.12. The van der Waals surface area contributed by atoms with Gasteiger partial charge in [0.05, 0.1) is 18.7 Å². The first-order chi connectivity index (χ1) is 16.6. The van der Waals surface area contributed by atoms with E-state index in [-0.39, 0.29) is 23.4 Å². The first-order valence-corrected chi connectivity index (χ1v) is 12.1. The molecule has 0 spiro atoms. The average molecular weight is 485 g/mol. The van der Waals surface area contributed by atoms with Crippen molar-refractivity contribution in [2.24, 2.45) is 5.92 Å². The molecule has 1 aliphatic carbocycles. The number of carbonyl (C=O) groups is 3. The molecule has 1 amide bonds. The molecule has 0 aliphatic heterocycles. The van der Waals surface area contributed by atoms with Gasteiger partial charge < -0.3 is 20.1 Å². The number of allylic oxidation sites excluding steroid dienone is 1. The standard InChI is InChI=1S/C26H36N4O5/c1-7-16(2)21(23(31)29-18-10-8-9-11-18)28-14-17-12-13-27-22-20(17)19(24(32)34-6)15-30(22)25(33)35-26(3,4)5/h8,10,12-13,15-16,18,21,28H,7,9,11,14H2,1-6H3,(H,29,31)/t16-,18?,21-/m1/s1. The fraction of sp³-hybridized carbons (Fsp3) is 0.538. The van der Waals surface area contributed by atoms with Gasteiger partial charge in [-0.3, -0.25) is 4.79 Å². The molecule has 2 aromatic rings. The maximum atomic E-state index is 13.1. The summed E-state index contributed by atoms with van der Waals surface area (Å²) in [5, 5.41) is 6.97. The Hall–Kier alpha value is -3.20. The van der Waals surface area contributed by atoms with Crippen LogP contribution in [0.5, 0.6) is 0 Å². The number of esters is 1. The second kappa shape index (κ2) is 11.0. The molecule has 35 heavy (non-hydrogen) atoms. The number of aromatic nitrogens is 2. The summed E-state index contributed by atoms with van der Waals surface area (Å²) in [6.07, 6.45) is 9.12. The van der Waals surface area contributed by atoms with E-state index < -0.39 is 23.7 Å². The number of methoxy groups -OCH3 is 1. The molecule has 0 saturated heterocycles. The molecule has 0 saturated carbocycles. The van der Waals surface area contributed by atoms with E-state index in [9.17, 15) is 14.4 Å². The Morgan fingerprint density at radius 3 is 2.63 bits per heavy atom. The highest BCUT2D eigenvalue weighted by Crippen LogP contribution is 2.26. The van der Waals surface area contributed by atoms with Crippen LogP contribution in [0.2, 0.25) is 0 Å². The molecule has 1 unspecified atom stereocenters. The molecule has 1 aliphatic rings. The maximum Gasteiger partial charge on any atom is 0.420 e. The lowest BCUT2D eigenvalue weighted by Crippen LogP contribution is -2.50. The Labute approximate surface area is 206 Å². The molecular formula is C26H36N4O5. The van der Waals surface area contributed by atoms with Crippen LogP contribution in [0.3, 0.4) is 0 Å². The van der Waals surface area contributed by atoms with Crippen molar-refractivity contribution >= 4 is 29.0 Å². The summed E-state index contributed by atoms with van der Waals surface area (Å²) in [4.78, 5) is 42.8. The van der Waals surface area contributed by atoms with E-state index >= 15 is 0 Å². The van der Waals surface area contributed by atoms with Gasteiger partial charge in [-0.1, -0.05) is 32.4 Å². The van der Waals surface area contributed by atoms with Gasteiger partial charge in [0.15, 0.2) is 5.65 Å². The number of hydrogen-bond acceptors (Lipinski definition) is 7. The summed E-state index contributed by atoms with van der Waals surface area (Å²) in [5.41, 5.74) is 0.502. The minimum Gasteiger partial charge on any atom is -0.465 e. The van der Waals surface area contributed by atoms with Crippen molar-refractivity contribution in [3.05, 3.63) is 41.7 Å². The van der Waals surface area contributed by atoms with Crippen LogP contribution in [0, 0.1) is 5.92 Å². The van der Waals surface area contributed by atoms with Gasteiger partial charge in [0.25, 0.3) is 0 Å². The highest BCUT2D eigenvalue weighted by molar-refractivity contribution is 6.06. The molecule has 0 aromatic carbocycles. The quantitative estimate of drug-likeness (QED) is 0.431. The van der Waals surface area contributed by atoms with Gasteiger partial charge in [0, 0.05) is 30.4 Å². The Balaban J connectivity index is 1.93. The van der Waals surface area contributed by atoms with Crippen LogP contribution in [-0.2, 0) is 20.8 Å². The van der Waals surface area contributed by atoms with E-state index in [0.29, 0.717) is 17.6 Å². The van der Waals surface area contributed by atoms with E-state index in [4.69, 9.17) is 9.47 Å². The summed E-state index contributed by atoms with van der Waals surface area (Å²) in [6.45, 7) is 9.67. The summed E-state index contributed by atoms with van der Waals surface area (Å²) in [7, 11) is 1.29. The zero-order valence-corrected chi connectivity index (χ0v) is 21.4. The Morgan fingerprint density at radius 2 is 2.03 bits per heavy atom. The van der Waals surface area contributed by atoms with E-state index in [1.165, 1.54) is 17.9 Å². The molecule has 2 N–H and O–H groups in total. The molecule has 190 valence electrons. The topological polar surface area (TPSA) is 112 Å². The second-order valence-electron chi connectivity index (χ2n) is 9.92. The zero-order chi connectivity index (χ0) is 25.8. The summed E-state index contributed by atoms with van der Waals surface area (Å²) in [6, 6.07) is 1.40. The highest BCUT2D eigenvalue weighted by Gasteiger charge is 2.28. The minimum atomic E-state index is -0.719. The number of amides is 1. The van der Waals surface area contributed by atoms with Crippen molar-refractivity contribution < 1.29 is 23.9 Å². The molecule has 3 atom stereocenters. The van der Waals surface area contributed by atoms with Crippen LogP contribution in [0.25, 0.3) is 11.0 Å². The van der Waals surface area contributed by atoms with Crippen molar-refractivity contribution in [1.29, 1.82) is 0 Å². The summed E-state index contributed by atoms with van der Waals surface area (Å²) in [5.74, 6) is -0.555. The first-order valence-electron chi connectivity index (χ1n) is 12.1. The van der Waals surface area contributed by atoms with Crippen molar-refractivity contribution in [3.63, 3.8) is 0 Å². The first kappa shape index (κ1) is 26.4. The Bertz CT molecular complexity index is 1110. The van der Waals surface area contributed by atoms with Crippen LogP contribution in [-0.4, -0.2) is 52.3 Å². The Kier molecular flexibility index (Phi) is 8.32. The number of nitrogens with zero attached hydrogens (tertiary/aromatic N) is 2. The largest absolute Gasteiger partial charge is 0.465 e. The normalized spacial score (nSPS) is 17.3. The van der Waals surface area contributed by atoms with Crippen LogP contribution < -0.4 is 10.6 Å². The highest BCUT2D eigenvalue weighted by atomic mass is 16.6. The lowest BCUT2D eigenvalue weighted by molar-refractivity contribution is -0.124. The lowest BCUT2D eigenvalue weighted by Gasteiger charge is -2.25. The van der Waals surface area contributed by atoms with Crippen LogP contribution in [0.15, 0.2) is 30.6 Å². The number of ether oxygens (including phenoxy) is 2. The minimum absolute atomic E-state index is 0.0530.